The van der Waals surface area contributed by atoms with Gasteiger partial charge >= 0.3 is 62.8 Å². The molecule has 0 aromatic heterocycles. The van der Waals surface area contributed by atoms with Gasteiger partial charge in [-0.2, -0.15) is 0 Å². The molecule has 3 aromatic carbocycles. The Bertz CT molecular complexity index is 1930. The van der Waals surface area contributed by atoms with Gasteiger partial charge in [-0.05, 0) is 36.4 Å². The number of ether oxygens (including phenoxy) is 7. The van der Waals surface area contributed by atoms with Crippen LogP contribution in [0.2, 0.25) is 0 Å². The van der Waals surface area contributed by atoms with Crippen molar-refractivity contribution in [1.82, 2.24) is 0 Å². The first-order valence-corrected chi connectivity index (χ1v) is 20.3. The van der Waals surface area contributed by atoms with Gasteiger partial charge in [-0.15, -0.1) is 0 Å². The Morgan fingerprint density at radius 1 is 0.661 bits per heavy atom. The standard InChI is InChI=1S/C35H35O12S2.F6P/c1-19(36)41-17-24-16-25(49-30-12-8-6-10-28(30)48-29-11-7-9-13-31(29)49)14-15-26(24)46-35-34(45-23(5)40)33(44-22(4)39)32(43-21(3)38)27(47-35)18-42-20(2)37;1-7(2,3,4,5)6/h6-16,27,32-35H,17-18H2,1-5H3;/q+1;-1/t27-,32-,33+,34-,35-;/m1./s1. The summed E-state index contributed by atoms with van der Waals surface area (Å²) in [5, 5.41) is 0. The van der Waals surface area contributed by atoms with Gasteiger partial charge in [0, 0.05) is 46.2 Å². The third kappa shape index (κ3) is 13.6. The van der Waals surface area contributed by atoms with Crippen molar-refractivity contribution in [3.8, 4) is 5.75 Å². The predicted octanol–water partition coefficient (Wildman–Crippen LogP) is 8.15. The van der Waals surface area contributed by atoms with Crippen LogP contribution in [0.25, 0.3) is 0 Å². The number of carbonyl (C=O) groups is 5. The number of hydrogen-bond acceptors (Lipinski definition) is 13. The molecule has 1 fully saturated rings. The van der Waals surface area contributed by atoms with Gasteiger partial charge in [0.2, 0.25) is 12.4 Å². The van der Waals surface area contributed by atoms with Crippen molar-refractivity contribution in [2.24, 2.45) is 0 Å². The molecular weight excluding hydrogens is 821 g/mol. The molecule has 2 aliphatic rings. The number of hydrogen-bond donors (Lipinski definition) is 0. The molecule has 0 unspecified atom stereocenters. The molecule has 12 nitrogen and oxygen atoms in total. The molecule has 2 heterocycles. The molecule has 0 spiro atoms. The molecule has 0 amide bonds. The SMILES string of the molecule is CC(=O)OCc1cc([S+]2c3ccccc3Sc3ccccc32)ccc1O[C@@H]1O[C@H](COC(C)=O)[C@@H](OC(C)=O)[C@H](OC(C)=O)[C@H]1OC(C)=O.F[P-](F)(F)(F)(F)F. The number of carbonyl (C=O) groups excluding carboxylic acids is 5. The van der Waals surface area contributed by atoms with Gasteiger partial charge in [0.25, 0.3) is 0 Å². The van der Waals surface area contributed by atoms with E-state index in [2.05, 4.69) is 24.3 Å². The fourth-order valence-electron chi connectivity index (χ4n) is 5.40. The van der Waals surface area contributed by atoms with Crippen molar-refractivity contribution in [1.29, 1.82) is 0 Å². The summed E-state index contributed by atoms with van der Waals surface area (Å²) in [6.07, 6.45) is -6.83. The van der Waals surface area contributed by atoms with E-state index in [9.17, 15) is 49.2 Å². The van der Waals surface area contributed by atoms with Gasteiger partial charge in [-0.25, -0.2) is 0 Å². The molecule has 306 valence electrons. The Balaban J connectivity index is 0.000000908. The summed E-state index contributed by atoms with van der Waals surface area (Å²) < 4.78 is 98.8. The van der Waals surface area contributed by atoms with Crippen LogP contribution in [0.1, 0.15) is 40.2 Å². The number of esters is 5. The molecule has 0 saturated carbocycles. The van der Waals surface area contributed by atoms with E-state index in [4.69, 9.17) is 33.2 Å². The second kappa shape index (κ2) is 16.9. The van der Waals surface area contributed by atoms with E-state index in [0.29, 0.717) is 5.56 Å². The summed E-state index contributed by atoms with van der Waals surface area (Å²) in [5.41, 5.74) is 0.473. The van der Waals surface area contributed by atoms with Crippen molar-refractivity contribution < 1.29 is 82.3 Å². The van der Waals surface area contributed by atoms with E-state index >= 15 is 0 Å². The van der Waals surface area contributed by atoms with Gasteiger partial charge in [-0.1, -0.05) is 36.0 Å². The van der Waals surface area contributed by atoms with Crippen molar-refractivity contribution in [2.75, 3.05) is 6.61 Å². The normalized spacial score (nSPS) is 21.5. The number of fused-ring (bicyclic) bond motifs is 2. The van der Waals surface area contributed by atoms with Crippen LogP contribution >= 0.6 is 19.6 Å². The topological polar surface area (TPSA) is 150 Å². The Morgan fingerprint density at radius 3 is 1.64 bits per heavy atom. The maximum atomic E-state index is 12.3. The minimum absolute atomic E-state index is 0.168. The molecular formula is C35H35F6O12PS2. The molecule has 0 radical (unpaired) electrons. The Kier molecular flexibility index (Phi) is 13.3. The Labute approximate surface area is 323 Å². The van der Waals surface area contributed by atoms with Crippen LogP contribution in [0.5, 0.6) is 5.75 Å². The van der Waals surface area contributed by atoms with Crippen LogP contribution in [0.4, 0.5) is 25.2 Å². The van der Waals surface area contributed by atoms with Crippen LogP contribution in [-0.4, -0.2) is 67.2 Å². The molecule has 21 heteroatoms. The fourth-order valence-corrected chi connectivity index (χ4v) is 9.19. The van der Waals surface area contributed by atoms with E-state index < -0.39 is 85.9 Å². The zero-order valence-corrected chi connectivity index (χ0v) is 32.6. The number of rotatable bonds is 10. The fraction of sp³-hybridized carbons (Fsp3) is 0.343. The first-order valence-electron chi connectivity index (χ1n) is 16.3. The third-order valence-corrected chi connectivity index (χ3v) is 11.0. The van der Waals surface area contributed by atoms with Crippen LogP contribution in [0.15, 0.2) is 91.2 Å². The summed E-state index contributed by atoms with van der Waals surface area (Å²) in [6, 6.07) is 21.8. The quantitative estimate of drug-likeness (QED) is 0.0497. The molecule has 5 rings (SSSR count). The summed E-state index contributed by atoms with van der Waals surface area (Å²) in [4.78, 5) is 65.8. The predicted molar refractivity (Wildman–Crippen MR) is 187 cm³/mol. The Morgan fingerprint density at radius 2 is 1.14 bits per heavy atom. The zero-order valence-electron chi connectivity index (χ0n) is 30.1. The Hall–Kier alpha value is -4.52. The summed E-state index contributed by atoms with van der Waals surface area (Å²) in [5.74, 6) is -3.22. The molecule has 0 bridgehead atoms. The van der Waals surface area contributed by atoms with E-state index in [-0.39, 0.29) is 12.4 Å². The van der Waals surface area contributed by atoms with Crippen LogP contribution < -0.4 is 4.74 Å². The number of benzene rings is 3. The first kappa shape index (κ1) is 44.2. The van der Waals surface area contributed by atoms with Gasteiger partial charge in [0.05, 0.1) is 9.79 Å². The third-order valence-electron chi connectivity index (χ3n) is 7.25. The van der Waals surface area contributed by atoms with Gasteiger partial charge in [0.1, 0.15) is 36.0 Å². The van der Waals surface area contributed by atoms with Gasteiger partial charge in [0.15, 0.2) is 26.9 Å². The number of halogens is 6. The monoisotopic (exact) mass is 856 g/mol. The second-order valence-corrected chi connectivity index (χ2v) is 17.0. The minimum atomic E-state index is -10.7. The molecule has 0 aliphatic carbocycles. The maximum absolute atomic E-state index is 12.3. The summed E-state index contributed by atoms with van der Waals surface area (Å²) >= 11 is 1.70. The molecule has 1 saturated heterocycles. The van der Waals surface area contributed by atoms with E-state index in [1.54, 1.807) is 17.8 Å². The van der Waals surface area contributed by atoms with Crippen LogP contribution in [0, 0.1) is 0 Å². The van der Waals surface area contributed by atoms with E-state index in [1.807, 2.05) is 36.4 Å². The van der Waals surface area contributed by atoms with Crippen molar-refractivity contribution >= 4 is 60.3 Å². The average molecular weight is 857 g/mol. The van der Waals surface area contributed by atoms with Crippen molar-refractivity contribution in [3.05, 3.63) is 72.3 Å². The van der Waals surface area contributed by atoms with Crippen LogP contribution in [0.3, 0.4) is 0 Å². The van der Waals surface area contributed by atoms with Gasteiger partial charge in [-0.3, -0.25) is 24.0 Å². The first-order chi connectivity index (χ1) is 25.9. The molecule has 3 aromatic rings. The molecule has 0 N–H and O–H groups in total. The summed E-state index contributed by atoms with van der Waals surface area (Å²) in [7, 11) is -11.2. The summed E-state index contributed by atoms with van der Waals surface area (Å²) in [6.45, 7) is 5.33. The second-order valence-electron chi connectivity index (χ2n) is 12.0. The van der Waals surface area contributed by atoms with Gasteiger partial charge < -0.3 is 33.2 Å². The van der Waals surface area contributed by atoms with E-state index in [1.165, 1.54) is 13.8 Å². The van der Waals surface area contributed by atoms with Crippen molar-refractivity contribution in [3.63, 3.8) is 0 Å². The van der Waals surface area contributed by atoms with Crippen molar-refractivity contribution in [2.45, 2.75) is 96.4 Å². The molecule has 56 heavy (non-hydrogen) atoms. The molecule has 5 atom stereocenters. The van der Waals surface area contributed by atoms with E-state index in [0.717, 1.165) is 45.2 Å². The van der Waals surface area contributed by atoms with Crippen LogP contribution in [-0.2, 0) is 69.9 Å². The zero-order chi connectivity index (χ0) is 41.6. The molecule has 2 aliphatic heterocycles. The average Bonchev–Trinajstić information content (AvgIpc) is 3.06.